The second kappa shape index (κ2) is 10.9. The molecule has 3 N–H and O–H groups in total. The molecule has 0 aliphatic carbocycles. The predicted molar refractivity (Wildman–Crippen MR) is 103 cm³/mol. The van der Waals surface area contributed by atoms with Crippen LogP contribution in [0.4, 0.5) is 5.69 Å². The van der Waals surface area contributed by atoms with Gasteiger partial charge in [-0.2, -0.15) is 0 Å². The first kappa shape index (κ1) is 23.1. The minimum absolute atomic E-state index is 0. The third-order valence-electron chi connectivity index (χ3n) is 3.97. The van der Waals surface area contributed by atoms with Gasteiger partial charge in [0.1, 0.15) is 0 Å². The predicted octanol–water partition coefficient (Wildman–Crippen LogP) is 2.67. The van der Waals surface area contributed by atoms with Gasteiger partial charge in [-0.1, -0.05) is 25.1 Å². The van der Waals surface area contributed by atoms with Crippen LogP contribution in [0.1, 0.15) is 26.3 Å². The van der Waals surface area contributed by atoms with Gasteiger partial charge in [-0.25, -0.2) is 0 Å². The third-order valence-corrected chi connectivity index (χ3v) is 3.97. The molecule has 2 rings (SSSR count). The number of carbonyl (C=O) groups is 1. The molecular weight excluding hydrogens is 349 g/mol. The number of halogens is 2. The molecule has 0 saturated carbocycles. The van der Waals surface area contributed by atoms with E-state index in [1.54, 1.807) is 0 Å². The minimum Gasteiger partial charge on any atom is -0.373 e. The number of ether oxygens (including phenoxy) is 1. The van der Waals surface area contributed by atoms with Crippen LogP contribution >= 0.6 is 24.8 Å². The second-order valence-electron chi connectivity index (χ2n) is 6.23. The Morgan fingerprint density at radius 2 is 1.88 bits per heavy atom. The number of hydrogen-bond donors (Lipinski definition) is 2. The van der Waals surface area contributed by atoms with Crippen molar-refractivity contribution in [3.8, 4) is 0 Å². The van der Waals surface area contributed by atoms with Gasteiger partial charge in [0.15, 0.2) is 0 Å². The molecular formula is C17H29Cl2N3O2. The molecule has 3 unspecified atom stereocenters. The third kappa shape index (κ3) is 6.57. The Kier molecular flexibility index (Phi) is 10.5. The molecule has 0 radical (unpaired) electrons. The van der Waals surface area contributed by atoms with E-state index in [0.717, 1.165) is 30.9 Å². The standard InChI is InChI=1S/C17H27N3O2.2ClH/c1-12(8-18)17(21)19-16-7-5-4-6-15(16)11-20-9-13(2)22-14(3)10-20;;/h4-7,12-14H,8-11,18H2,1-3H3,(H,19,21);2*1H. The van der Waals surface area contributed by atoms with Crippen molar-refractivity contribution < 1.29 is 9.53 Å². The summed E-state index contributed by atoms with van der Waals surface area (Å²) in [4.78, 5) is 14.4. The van der Waals surface area contributed by atoms with Gasteiger partial charge in [-0.05, 0) is 25.5 Å². The average molecular weight is 378 g/mol. The van der Waals surface area contributed by atoms with Crippen LogP contribution in [-0.2, 0) is 16.1 Å². The van der Waals surface area contributed by atoms with E-state index in [-0.39, 0.29) is 48.8 Å². The summed E-state index contributed by atoms with van der Waals surface area (Å²) in [7, 11) is 0. The van der Waals surface area contributed by atoms with E-state index in [0.29, 0.717) is 6.54 Å². The SMILES string of the molecule is CC1CN(Cc2ccccc2NC(=O)C(C)CN)CC(C)O1.Cl.Cl. The first-order valence-electron chi connectivity index (χ1n) is 7.96. The van der Waals surface area contributed by atoms with Crippen molar-refractivity contribution in [3.05, 3.63) is 29.8 Å². The largest absolute Gasteiger partial charge is 0.373 e. The quantitative estimate of drug-likeness (QED) is 0.827. The molecule has 1 fully saturated rings. The summed E-state index contributed by atoms with van der Waals surface area (Å²) in [6.07, 6.45) is 0.477. The molecule has 1 aromatic carbocycles. The maximum Gasteiger partial charge on any atom is 0.228 e. The van der Waals surface area contributed by atoms with E-state index < -0.39 is 0 Å². The summed E-state index contributed by atoms with van der Waals surface area (Å²) >= 11 is 0. The lowest BCUT2D eigenvalue weighted by Gasteiger charge is -2.35. The Bertz CT molecular complexity index is 506. The lowest BCUT2D eigenvalue weighted by atomic mass is 10.1. The van der Waals surface area contributed by atoms with Crippen LogP contribution in [0.5, 0.6) is 0 Å². The van der Waals surface area contributed by atoms with Gasteiger partial charge in [-0.3, -0.25) is 9.69 Å². The smallest absolute Gasteiger partial charge is 0.228 e. The van der Waals surface area contributed by atoms with Gasteiger partial charge in [0, 0.05) is 37.8 Å². The van der Waals surface area contributed by atoms with Crippen molar-refractivity contribution in [2.24, 2.45) is 11.7 Å². The summed E-state index contributed by atoms with van der Waals surface area (Å²) < 4.78 is 5.77. The lowest BCUT2D eigenvalue weighted by molar-refractivity contribution is -0.119. The topological polar surface area (TPSA) is 67.6 Å². The van der Waals surface area contributed by atoms with Crippen LogP contribution in [0.3, 0.4) is 0 Å². The Morgan fingerprint density at radius 3 is 2.46 bits per heavy atom. The fourth-order valence-corrected chi connectivity index (χ4v) is 2.80. The molecule has 24 heavy (non-hydrogen) atoms. The highest BCUT2D eigenvalue weighted by Gasteiger charge is 2.23. The van der Waals surface area contributed by atoms with Gasteiger partial charge in [0.25, 0.3) is 0 Å². The molecule has 0 bridgehead atoms. The van der Waals surface area contributed by atoms with Crippen LogP contribution in [0.25, 0.3) is 0 Å². The summed E-state index contributed by atoms with van der Waals surface area (Å²) in [5.74, 6) is -0.213. The lowest BCUT2D eigenvalue weighted by Crippen LogP contribution is -2.44. The normalized spacial score (nSPS) is 22.0. The molecule has 3 atom stereocenters. The molecule has 1 aliphatic heterocycles. The van der Waals surface area contributed by atoms with Gasteiger partial charge in [0.2, 0.25) is 5.91 Å². The van der Waals surface area contributed by atoms with Gasteiger partial charge < -0.3 is 15.8 Å². The van der Waals surface area contributed by atoms with E-state index in [2.05, 4.69) is 30.1 Å². The zero-order valence-electron chi connectivity index (χ0n) is 14.5. The Labute approximate surface area is 157 Å². The van der Waals surface area contributed by atoms with E-state index in [1.165, 1.54) is 0 Å². The summed E-state index contributed by atoms with van der Waals surface area (Å²) in [5.41, 5.74) is 7.56. The number of anilines is 1. The van der Waals surface area contributed by atoms with Gasteiger partial charge >= 0.3 is 0 Å². The summed E-state index contributed by atoms with van der Waals surface area (Å²) in [6.45, 7) is 9.01. The second-order valence-corrected chi connectivity index (χ2v) is 6.23. The van der Waals surface area contributed by atoms with Crippen molar-refractivity contribution in [1.82, 2.24) is 4.90 Å². The summed E-state index contributed by atoms with van der Waals surface area (Å²) in [6, 6.07) is 7.96. The van der Waals surface area contributed by atoms with Crippen molar-refractivity contribution in [3.63, 3.8) is 0 Å². The van der Waals surface area contributed by atoms with Crippen LogP contribution in [0.2, 0.25) is 0 Å². The van der Waals surface area contributed by atoms with Crippen molar-refractivity contribution >= 4 is 36.4 Å². The number of rotatable bonds is 5. The Balaban J connectivity index is 0.00000264. The summed E-state index contributed by atoms with van der Waals surface area (Å²) in [5, 5.41) is 3.00. The highest BCUT2D eigenvalue weighted by Crippen LogP contribution is 2.20. The van der Waals surface area contributed by atoms with E-state index in [1.807, 2.05) is 25.1 Å². The maximum absolute atomic E-state index is 12.1. The fourth-order valence-electron chi connectivity index (χ4n) is 2.80. The molecule has 7 heteroatoms. The highest BCUT2D eigenvalue weighted by molar-refractivity contribution is 5.93. The number of hydrogen-bond acceptors (Lipinski definition) is 4. The number of nitrogens with one attached hydrogen (secondary N) is 1. The highest BCUT2D eigenvalue weighted by atomic mass is 35.5. The van der Waals surface area contributed by atoms with Crippen molar-refractivity contribution in [2.75, 3.05) is 25.0 Å². The number of morpholine rings is 1. The number of nitrogens with zero attached hydrogens (tertiary/aromatic N) is 1. The molecule has 138 valence electrons. The molecule has 1 amide bonds. The van der Waals surface area contributed by atoms with E-state index >= 15 is 0 Å². The molecule has 1 heterocycles. The van der Waals surface area contributed by atoms with Crippen molar-refractivity contribution in [1.29, 1.82) is 0 Å². The Hall–Kier alpha value is -0.850. The van der Waals surface area contributed by atoms with Gasteiger partial charge in [-0.15, -0.1) is 24.8 Å². The monoisotopic (exact) mass is 377 g/mol. The number of nitrogens with two attached hydrogens (primary N) is 1. The number of benzene rings is 1. The molecule has 0 aromatic heterocycles. The fraction of sp³-hybridized carbons (Fsp3) is 0.588. The van der Waals surface area contributed by atoms with Gasteiger partial charge in [0.05, 0.1) is 12.2 Å². The maximum atomic E-state index is 12.1. The van der Waals surface area contributed by atoms with Crippen LogP contribution in [0.15, 0.2) is 24.3 Å². The number of amides is 1. The van der Waals surface area contributed by atoms with Crippen molar-refractivity contribution in [2.45, 2.75) is 39.5 Å². The zero-order chi connectivity index (χ0) is 16.1. The first-order chi connectivity index (χ1) is 10.5. The Morgan fingerprint density at radius 1 is 1.29 bits per heavy atom. The van der Waals surface area contributed by atoms with E-state index in [4.69, 9.17) is 10.5 Å². The van der Waals surface area contributed by atoms with E-state index in [9.17, 15) is 4.79 Å². The molecule has 1 saturated heterocycles. The zero-order valence-corrected chi connectivity index (χ0v) is 16.2. The molecule has 0 spiro atoms. The van der Waals surface area contributed by atoms with Crippen LogP contribution in [-0.4, -0.2) is 42.6 Å². The number of carbonyl (C=O) groups excluding carboxylic acids is 1. The van der Waals surface area contributed by atoms with Crippen LogP contribution < -0.4 is 11.1 Å². The number of para-hydroxylation sites is 1. The average Bonchev–Trinajstić information content (AvgIpc) is 2.47. The molecule has 1 aromatic rings. The molecule has 1 aliphatic rings. The molecule has 5 nitrogen and oxygen atoms in total. The van der Waals surface area contributed by atoms with Crippen LogP contribution in [0, 0.1) is 5.92 Å². The minimum atomic E-state index is -0.184. The first-order valence-corrected chi connectivity index (χ1v) is 7.96.